The van der Waals surface area contributed by atoms with E-state index >= 15 is 0 Å². The first-order chi connectivity index (χ1) is 9.39. The summed E-state index contributed by atoms with van der Waals surface area (Å²) in [4.78, 5) is 10.7. The average molecular weight is 296 g/mol. The quantitative estimate of drug-likeness (QED) is 0.792. The van der Waals surface area contributed by atoms with E-state index in [1.165, 1.54) is 24.3 Å². The standard InChI is InChI=1S/C13H16N2O4S/c1-2-4-11(8-13(16)17)15-20(18,19)12-6-3-5-10(7-12)9-14/h3,5-7,11,15H,2,4,8H2,1H3,(H,16,17). The maximum absolute atomic E-state index is 12.2. The van der Waals surface area contributed by atoms with Gasteiger partial charge in [-0.1, -0.05) is 19.4 Å². The Labute approximate surface area is 118 Å². The summed E-state index contributed by atoms with van der Waals surface area (Å²) in [6.07, 6.45) is 0.827. The number of carbonyl (C=O) groups is 1. The second-order valence-electron chi connectivity index (χ2n) is 4.34. The van der Waals surface area contributed by atoms with E-state index in [0.717, 1.165) is 0 Å². The number of hydrogen-bond donors (Lipinski definition) is 2. The van der Waals surface area contributed by atoms with Crippen LogP contribution < -0.4 is 4.72 Å². The monoisotopic (exact) mass is 296 g/mol. The summed E-state index contributed by atoms with van der Waals surface area (Å²) in [7, 11) is -3.82. The summed E-state index contributed by atoms with van der Waals surface area (Å²) in [5, 5.41) is 17.6. The van der Waals surface area contributed by atoms with E-state index in [-0.39, 0.29) is 16.9 Å². The van der Waals surface area contributed by atoms with E-state index < -0.39 is 22.0 Å². The van der Waals surface area contributed by atoms with Crippen molar-refractivity contribution >= 4 is 16.0 Å². The third-order valence-corrected chi connectivity index (χ3v) is 4.17. The fourth-order valence-electron chi connectivity index (χ4n) is 1.78. The summed E-state index contributed by atoms with van der Waals surface area (Å²) < 4.78 is 26.7. The molecule has 108 valence electrons. The molecule has 1 aromatic rings. The minimum Gasteiger partial charge on any atom is -0.481 e. The molecular formula is C13H16N2O4S. The molecule has 0 aliphatic heterocycles. The van der Waals surface area contributed by atoms with Gasteiger partial charge in [-0.3, -0.25) is 4.79 Å². The summed E-state index contributed by atoms with van der Waals surface area (Å²) >= 11 is 0. The lowest BCUT2D eigenvalue weighted by Crippen LogP contribution is -2.36. The van der Waals surface area contributed by atoms with Gasteiger partial charge in [-0.2, -0.15) is 5.26 Å². The fraction of sp³-hybridized carbons (Fsp3) is 0.385. The third kappa shape index (κ3) is 4.64. The van der Waals surface area contributed by atoms with Crippen LogP contribution in [0, 0.1) is 11.3 Å². The van der Waals surface area contributed by atoms with Crippen LogP contribution >= 0.6 is 0 Å². The van der Waals surface area contributed by atoms with Crippen LogP contribution in [-0.4, -0.2) is 25.5 Å². The maximum Gasteiger partial charge on any atom is 0.304 e. The number of hydrogen-bond acceptors (Lipinski definition) is 4. The summed E-state index contributed by atoms with van der Waals surface area (Å²) in [5.41, 5.74) is 0.234. The Kier molecular flexibility index (Phi) is 5.67. The fourth-order valence-corrected chi connectivity index (χ4v) is 3.10. The number of carboxylic acid groups (broad SMARTS) is 1. The molecule has 20 heavy (non-hydrogen) atoms. The van der Waals surface area contributed by atoms with E-state index in [2.05, 4.69) is 4.72 Å². The Balaban J connectivity index is 2.97. The molecule has 0 aromatic heterocycles. The van der Waals surface area contributed by atoms with Gasteiger partial charge in [-0.15, -0.1) is 0 Å². The zero-order valence-electron chi connectivity index (χ0n) is 11.0. The number of nitriles is 1. The van der Waals surface area contributed by atoms with Gasteiger partial charge in [0.2, 0.25) is 10.0 Å². The van der Waals surface area contributed by atoms with Gasteiger partial charge >= 0.3 is 5.97 Å². The van der Waals surface area contributed by atoms with E-state index in [1.54, 1.807) is 0 Å². The van der Waals surface area contributed by atoms with Crippen molar-refractivity contribution < 1.29 is 18.3 Å². The smallest absolute Gasteiger partial charge is 0.304 e. The molecule has 0 fully saturated rings. The van der Waals surface area contributed by atoms with E-state index in [9.17, 15) is 13.2 Å². The molecule has 0 amide bonds. The van der Waals surface area contributed by atoms with Crippen molar-refractivity contribution in [3.8, 4) is 6.07 Å². The topological polar surface area (TPSA) is 107 Å². The number of carboxylic acids is 1. The highest BCUT2D eigenvalue weighted by molar-refractivity contribution is 7.89. The minimum absolute atomic E-state index is 0.0389. The van der Waals surface area contributed by atoms with Crippen molar-refractivity contribution in [1.29, 1.82) is 5.26 Å². The third-order valence-electron chi connectivity index (χ3n) is 2.65. The van der Waals surface area contributed by atoms with Gasteiger partial charge < -0.3 is 5.11 Å². The molecule has 1 unspecified atom stereocenters. The lowest BCUT2D eigenvalue weighted by Gasteiger charge is -2.16. The molecule has 0 spiro atoms. The first-order valence-electron chi connectivity index (χ1n) is 6.13. The molecule has 2 N–H and O–H groups in total. The number of benzene rings is 1. The van der Waals surface area contributed by atoms with Crippen LogP contribution in [0.5, 0.6) is 0 Å². The van der Waals surface area contributed by atoms with Crippen molar-refractivity contribution in [2.75, 3.05) is 0 Å². The van der Waals surface area contributed by atoms with E-state index in [4.69, 9.17) is 10.4 Å². The molecule has 1 rings (SSSR count). The maximum atomic E-state index is 12.2. The first kappa shape index (κ1) is 16.1. The van der Waals surface area contributed by atoms with Crippen molar-refractivity contribution in [3.63, 3.8) is 0 Å². The van der Waals surface area contributed by atoms with Crippen molar-refractivity contribution in [3.05, 3.63) is 29.8 Å². The molecule has 1 aromatic carbocycles. The molecule has 7 heteroatoms. The van der Waals surface area contributed by atoms with Gasteiger partial charge in [0, 0.05) is 6.04 Å². The van der Waals surface area contributed by atoms with Crippen LogP contribution in [0.15, 0.2) is 29.2 Å². The minimum atomic E-state index is -3.82. The largest absolute Gasteiger partial charge is 0.481 e. The molecule has 6 nitrogen and oxygen atoms in total. The highest BCUT2D eigenvalue weighted by Crippen LogP contribution is 2.13. The van der Waals surface area contributed by atoms with Gasteiger partial charge in [-0.25, -0.2) is 13.1 Å². The van der Waals surface area contributed by atoms with Crippen LogP contribution in [0.4, 0.5) is 0 Å². The molecule has 0 radical (unpaired) electrons. The molecule has 0 heterocycles. The average Bonchev–Trinajstić information content (AvgIpc) is 2.38. The van der Waals surface area contributed by atoms with Crippen molar-refractivity contribution in [2.24, 2.45) is 0 Å². The summed E-state index contributed by atoms with van der Waals surface area (Å²) in [6.45, 7) is 1.85. The molecule has 0 aliphatic carbocycles. The van der Waals surface area contributed by atoms with Crippen LogP contribution in [0.2, 0.25) is 0 Å². The predicted octanol–water partition coefficient (Wildman–Crippen LogP) is 1.48. The SMILES string of the molecule is CCCC(CC(=O)O)NS(=O)(=O)c1cccc(C#N)c1. The number of nitrogens with zero attached hydrogens (tertiary/aromatic N) is 1. The second kappa shape index (κ2) is 7.03. The molecule has 1 atom stereocenters. The Morgan fingerprint density at radius 2 is 2.20 bits per heavy atom. The Morgan fingerprint density at radius 1 is 1.50 bits per heavy atom. The Morgan fingerprint density at radius 3 is 2.75 bits per heavy atom. The molecule has 0 bridgehead atoms. The van der Waals surface area contributed by atoms with Crippen molar-refractivity contribution in [2.45, 2.75) is 37.1 Å². The normalized spacial score (nSPS) is 12.6. The number of aliphatic carboxylic acids is 1. The number of nitrogens with one attached hydrogen (secondary N) is 1. The van der Waals surface area contributed by atoms with Gasteiger partial charge in [0.15, 0.2) is 0 Å². The lowest BCUT2D eigenvalue weighted by atomic mass is 10.1. The summed E-state index contributed by atoms with van der Waals surface area (Å²) in [6, 6.07) is 6.80. The Hall–Kier alpha value is -1.91. The Bertz CT molecular complexity index is 620. The number of sulfonamides is 1. The molecule has 0 saturated heterocycles. The summed E-state index contributed by atoms with van der Waals surface area (Å²) in [5.74, 6) is -1.06. The van der Waals surface area contributed by atoms with Crippen LogP contribution in [0.25, 0.3) is 0 Å². The van der Waals surface area contributed by atoms with Crippen molar-refractivity contribution in [1.82, 2.24) is 4.72 Å². The number of rotatable bonds is 7. The highest BCUT2D eigenvalue weighted by atomic mass is 32.2. The lowest BCUT2D eigenvalue weighted by molar-refractivity contribution is -0.137. The highest BCUT2D eigenvalue weighted by Gasteiger charge is 2.21. The second-order valence-corrected chi connectivity index (χ2v) is 6.06. The van der Waals surface area contributed by atoms with Crippen LogP contribution in [0.1, 0.15) is 31.7 Å². The van der Waals surface area contributed by atoms with Gasteiger partial charge in [-0.05, 0) is 24.6 Å². The zero-order chi connectivity index (χ0) is 15.2. The van der Waals surface area contributed by atoms with Gasteiger partial charge in [0.05, 0.1) is 22.9 Å². The predicted molar refractivity (Wildman–Crippen MR) is 72.4 cm³/mol. The van der Waals surface area contributed by atoms with E-state index in [1.807, 2.05) is 13.0 Å². The molecular weight excluding hydrogens is 280 g/mol. The molecule has 0 saturated carbocycles. The first-order valence-corrected chi connectivity index (χ1v) is 7.61. The van der Waals surface area contributed by atoms with Crippen LogP contribution in [0.3, 0.4) is 0 Å². The van der Waals surface area contributed by atoms with Gasteiger partial charge in [0.25, 0.3) is 0 Å². The van der Waals surface area contributed by atoms with E-state index in [0.29, 0.717) is 12.8 Å². The molecule has 0 aliphatic rings. The zero-order valence-corrected chi connectivity index (χ0v) is 11.9. The van der Waals surface area contributed by atoms with Gasteiger partial charge in [0.1, 0.15) is 0 Å². The van der Waals surface area contributed by atoms with Crippen LogP contribution in [-0.2, 0) is 14.8 Å².